The van der Waals surface area contributed by atoms with Crippen LogP contribution in [-0.4, -0.2) is 9.97 Å². The number of hydrogen-bond donors (Lipinski definition) is 0. The predicted octanol–water partition coefficient (Wildman–Crippen LogP) is 9.48. The topological polar surface area (TPSA) is 38.9 Å². The van der Waals surface area contributed by atoms with Gasteiger partial charge in [-0.25, -0.2) is 4.98 Å². The Kier molecular flexibility index (Phi) is 5.23. The molecule has 0 saturated carbocycles. The molecule has 174 valence electrons. The van der Waals surface area contributed by atoms with Gasteiger partial charge in [0.15, 0.2) is 0 Å². The first-order valence-electron chi connectivity index (χ1n) is 12.2. The molecule has 4 heterocycles. The summed E-state index contributed by atoms with van der Waals surface area (Å²) in [6.07, 6.45) is 2.00. The van der Waals surface area contributed by atoms with Gasteiger partial charge in [0.1, 0.15) is 5.58 Å². The molecule has 2 aromatic carbocycles. The van der Waals surface area contributed by atoms with E-state index >= 15 is 0 Å². The zero-order valence-corrected chi connectivity index (χ0v) is 21.5. The number of aromatic nitrogens is 2. The highest BCUT2D eigenvalue weighted by atomic mass is 32.1. The van der Waals surface area contributed by atoms with Crippen molar-refractivity contribution in [1.29, 1.82) is 0 Å². The van der Waals surface area contributed by atoms with Gasteiger partial charge in [-0.3, -0.25) is 4.98 Å². The van der Waals surface area contributed by atoms with Crippen molar-refractivity contribution in [3.05, 3.63) is 83.7 Å². The molecule has 0 N–H and O–H groups in total. The van der Waals surface area contributed by atoms with Gasteiger partial charge in [0.25, 0.3) is 0 Å². The number of hydrogen-bond acceptors (Lipinski definition) is 4. The Morgan fingerprint density at radius 2 is 1.60 bits per heavy atom. The lowest BCUT2D eigenvalue weighted by molar-refractivity contribution is 0.653. The third kappa shape index (κ3) is 3.82. The summed E-state index contributed by atoms with van der Waals surface area (Å²) in [5.41, 5.74) is 8.46. The van der Waals surface area contributed by atoms with E-state index in [-0.39, 0.29) is 0 Å². The number of aryl methyl sites for hydroxylation is 1. The van der Waals surface area contributed by atoms with Gasteiger partial charge in [-0.1, -0.05) is 58.0 Å². The van der Waals surface area contributed by atoms with Crippen molar-refractivity contribution >= 4 is 43.5 Å². The normalized spacial score (nSPS) is 12.1. The van der Waals surface area contributed by atoms with Crippen LogP contribution in [0.25, 0.3) is 53.9 Å². The molecule has 0 bridgehead atoms. The van der Waals surface area contributed by atoms with Crippen LogP contribution < -0.4 is 0 Å². The minimum atomic E-state index is 0.498. The van der Waals surface area contributed by atoms with Crippen molar-refractivity contribution in [1.82, 2.24) is 9.97 Å². The molecule has 0 unspecified atom stereocenters. The zero-order valence-electron chi connectivity index (χ0n) is 20.7. The average Bonchev–Trinajstić information content (AvgIpc) is 3.44. The third-order valence-electron chi connectivity index (χ3n) is 6.78. The lowest BCUT2D eigenvalue weighted by Gasteiger charge is -2.13. The molecule has 0 aliphatic heterocycles. The summed E-state index contributed by atoms with van der Waals surface area (Å²) >= 11 is 1.81. The highest BCUT2D eigenvalue weighted by Crippen LogP contribution is 2.39. The number of para-hydroxylation sites is 1. The maximum atomic E-state index is 6.23. The number of nitrogens with zero attached hydrogens (tertiary/aromatic N) is 2. The van der Waals surface area contributed by atoms with E-state index in [1.165, 1.54) is 31.7 Å². The van der Waals surface area contributed by atoms with Gasteiger partial charge in [0, 0.05) is 33.1 Å². The van der Waals surface area contributed by atoms with Gasteiger partial charge in [-0.2, -0.15) is 0 Å². The molecule has 0 spiro atoms. The summed E-state index contributed by atoms with van der Waals surface area (Å²) in [4.78, 5) is 10.7. The lowest BCUT2D eigenvalue weighted by atomic mass is 9.92. The second-order valence-corrected chi connectivity index (χ2v) is 11.1. The molecule has 0 amide bonds. The van der Waals surface area contributed by atoms with Crippen LogP contribution in [0.2, 0.25) is 0 Å². The van der Waals surface area contributed by atoms with Crippen LogP contribution in [0.4, 0.5) is 0 Å². The summed E-state index contributed by atoms with van der Waals surface area (Å²) in [6, 6.07) is 21.9. The van der Waals surface area contributed by atoms with E-state index in [2.05, 4.69) is 87.3 Å². The number of thiophene rings is 1. The van der Waals surface area contributed by atoms with E-state index in [0.717, 1.165) is 33.3 Å². The van der Waals surface area contributed by atoms with Gasteiger partial charge >= 0.3 is 0 Å². The maximum Gasteiger partial charge on any atom is 0.227 e. The molecule has 3 nitrogen and oxygen atoms in total. The molecule has 0 atom stereocenters. The van der Waals surface area contributed by atoms with E-state index in [1.807, 2.05) is 30.5 Å². The van der Waals surface area contributed by atoms with Gasteiger partial charge in [-0.15, -0.1) is 11.3 Å². The monoisotopic (exact) mass is 476 g/mol. The van der Waals surface area contributed by atoms with E-state index < -0.39 is 0 Å². The Morgan fingerprint density at radius 3 is 2.34 bits per heavy atom. The molecule has 6 aromatic rings. The number of pyridine rings is 2. The minimum absolute atomic E-state index is 0.498. The van der Waals surface area contributed by atoms with Crippen molar-refractivity contribution in [2.24, 2.45) is 0 Å². The largest absolute Gasteiger partial charge is 0.437 e. The molecule has 0 aliphatic rings. The highest BCUT2D eigenvalue weighted by molar-refractivity contribution is 7.22. The fourth-order valence-corrected chi connectivity index (χ4v) is 5.69. The van der Waals surface area contributed by atoms with E-state index in [1.54, 1.807) is 0 Å². The zero-order chi connectivity index (χ0) is 24.3. The van der Waals surface area contributed by atoms with E-state index in [0.29, 0.717) is 17.5 Å². The van der Waals surface area contributed by atoms with Crippen LogP contribution in [-0.2, 0) is 0 Å². The fourth-order valence-electron chi connectivity index (χ4n) is 4.69. The third-order valence-corrected chi connectivity index (χ3v) is 7.91. The molecule has 6 rings (SSSR count). The first-order valence-corrected chi connectivity index (χ1v) is 13.0. The van der Waals surface area contributed by atoms with Crippen molar-refractivity contribution < 1.29 is 4.42 Å². The van der Waals surface area contributed by atoms with E-state index in [4.69, 9.17) is 9.40 Å². The van der Waals surface area contributed by atoms with Crippen LogP contribution in [0, 0.1) is 6.92 Å². The molecule has 4 aromatic heterocycles. The quantitative estimate of drug-likeness (QED) is 0.254. The molecule has 0 saturated heterocycles. The Bertz CT molecular complexity index is 1700. The summed E-state index contributed by atoms with van der Waals surface area (Å²) in [6.45, 7) is 11.0. The summed E-state index contributed by atoms with van der Waals surface area (Å²) < 4.78 is 7.42. The summed E-state index contributed by atoms with van der Waals surface area (Å²) in [7, 11) is 0. The molecule has 0 radical (unpaired) electrons. The molecular formula is C31H28N2OS. The molecule has 0 fully saturated rings. The van der Waals surface area contributed by atoms with Crippen molar-refractivity contribution in [3.63, 3.8) is 0 Å². The number of fused-ring (bicyclic) bond motifs is 4. The summed E-state index contributed by atoms with van der Waals surface area (Å²) in [5, 5.41) is 3.32. The van der Waals surface area contributed by atoms with Crippen LogP contribution >= 0.6 is 11.3 Å². The smallest absolute Gasteiger partial charge is 0.227 e. The van der Waals surface area contributed by atoms with Crippen molar-refractivity contribution in [3.8, 4) is 21.7 Å². The SMILES string of the molecule is Cc1ccc2c(n1)oc1c(-c3cc4cc(-c5cc(C(C)C)cc(C(C)C)c5)sc4cn3)cccc12. The second-order valence-electron chi connectivity index (χ2n) is 10.0. The number of rotatable bonds is 4. The van der Waals surface area contributed by atoms with Crippen LogP contribution in [0.15, 0.2) is 71.3 Å². The Labute approximate surface area is 209 Å². The van der Waals surface area contributed by atoms with Crippen LogP contribution in [0.3, 0.4) is 0 Å². The lowest BCUT2D eigenvalue weighted by Crippen LogP contribution is -1.94. The standard InChI is InChI=1S/C31H28N2OS/c1-17(2)20-11-21(18(3)4)13-22(12-20)28-15-23-14-27(32-16-29(23)35-28)26-8-6-7-24-25-10-9-19(5)33-31(25)34-30(24)26/h6-18H,1-5H3. The number of benzene rings is 2. The average molecular weight is 477 g/mol. The first kappa shape index (κ1) is 22.0. The van der Waals surface area contributed by atoms with Crippen molar-refractivity contribution in [2.45, 2.75) is 46.5 Å². The van der Waals surface area contributed by atoms with Crippen LogP contribution in [0.1, 0.15) is 56.4 Å². The van der Waals surface area contributed by atoms with Gasteiger partial charge in [0.2, 0.25) is 5.71 Å². The molecule has 4 heteroatoms. The molecule has 0 aliphatic carbocycles. The number of furan rings is 1. The van der Waals surface area contributed by atoms with Crippen molar-refractivity contribution in [2.75, 3.05) is 0 Å². The maximum absolute atomic E-state index is 6.23. The van der Waals surface area contributed by atoms with Gasteiger partial charge in [-0.05, 0) is 71.2 Å². The van der Waals surface area contributed by atoms with Gasteiger partial charge < -0.3 is 4.42 Å². The molecule has 35 heavy (non-hydrogen) atoms. The fraction of sp³-hybridized carbons (Fsp3) is 0.226. The van der Waals surface area contributed by atoms with Gasteiger partial charge in [0.05, 0.1) is 10.4 Å². The molecular weight excluding hydrogens is 448 g/mol. The Hall–Kier alpha value is -3.50. The second kappa shape index (κ2) is 8.31. The highest BCUT2D eigenvalue weighted by Gasteiger charge is 2.16. The predicted molar refractivity (Wildman–Crippen MR) is 148 cm³/mol. The van der Waals surface area contributed by atoms with E-state index in [9.17, 15) is 0 Å². The first-order chi connectivity index (χ1) is 16.9. The summed E-state index contributed by atoms with van der Waals surface area (Å²) in [5.74, 6) is 0.996. The van der Waals surface area contributed by atoms with Crippen LogP contribution in [0.5, 0.6) is 0 Å². The minimum Gasteiger partial charge on any atom is -0.437 e. The Morgan fingerprint density at radius 1 is 0.829 bits per heavy atom. The Balaban J connectivity index is 1.48.